The van der Waals surface area contributed by atoms with E-state index in [0.29, 0.717) is 0 Å². The third-order valence-electron chi connectivity index (χ3n) is 3.64. The lowest BCUT2D eigenvalue weighted by Gasteiger charge is -2.23. The second-order valence-corrected chi connectivity index (χ2v) is 5.21. The molecule has 1 fully saturated rings. The molecule has 1 N–H and O–H groups in total. The monoisotopic (exact) mass is 245 g/mol. The fraction of sp³-hybridized carbons (Fsp3) is 0.333. The minimum absolute atomic E-state index is 0.719. The van der Waals surface area contributed by atoms with Gasteiger partial charge in [0.1, 0.15) is 0 Å². The van der Waals surface area contributed by atoms with Gasteiger partial charge in [-0.25, -0.2) is 0 Å². The van der Waals surface area contributed by atoms with Gasteiger partial charge in [0.25, 0.3) is 0 Å². The molecule has 0 unspecified atom stereocenters. The number of rotatable bonds is 1. The maximum Gasteiger partial charge on any atom is 0.0412 e. The molecular weight excluding hydrogens is 230 g/mol. The molecule has 1 nitrogen and oxygen atoms in total. The Kier molecular flexibility index (Phi) is 3.04. The first kappa shape index (κ1) is 11.1. The molecule has 1 aliphatic heterocycles. The Hall–Kier alpha value is -1.05. The third kappa shape index (κ3) is 2.31. The lowest BCUT2D eigenvalue weighted by atomic mass is 9.89. The van der Waals surface area contributed by atoms with Crippen LogP contribution in [0.5, 0.6) is 0 Å². The van der Waals surface area contributed by atoms with Crippen LogP contribution in [0.15, 0.2) is 36.4 Å². The van der Waals surface area contributed by atoms with Crippen LogP contribution in [-0.2, 0) is 0 Å². The van der Waals surface area contributed by atoms with Gasteiger partial charge in [0.2, 0.25) is 0 Å². The summed E-state index contributed by atoms with van der Waals surface area (Å²) in [5.74, 6) is 0.719. The highest BCUT2D eigenvalue weighted by Gasteiger charge is 2.15. The van der Waals surface area contributed by atoms with Crippen LogP contribution in [0.1, 0.15) is 24.3 Å². The van der Waals surface area contributed by atoms with Crippen LogP contribution in [-0.4, -0.2) is 13.1 Å². The van der Waals surface area contributed by atoms with Crippen molar-refractivity contribution >= 4 is 22.4 Å². The Morgan fingerprint density at radius 1 is 0.941 bits per heavy atom. The lowest BCUT2D eigenvalue weighted by Crippen LogP contribution is -2.26. The summed E-state index contributed by atoms with van der Waals surface area (Å²) in [7, 11) is 0. The predicted octanol–water partition coefficient (Wildman–Crippen LogP) is 3.96. The van der Waals surface area contributed by atoms with E-state index in [1.54, 1.807) is 0 Å². The number of piperidine rings is 1. The van der Waals surface area contributed by atoms with Crippen molar-refractivity contribution in [2.75, 3.05) is 13.1 Å². The fourth-order valence-electron chi connectivity index (χ4n) is 2.64. The summed E-state index contributed by atoms with van der Waals surface area (Å²) in [6.45, 7) is 2.28. The normalized spacial score (nSPS) is 17.5. The van der Waals surface area contributed by atoms with Crippen LogP contribution in [0.4, 0.5) is 0 Å². The van der Waals surface area contributed by atoms with Crippen molar-refractivity contribution in [3.05, 3.63) is 47.0 Å². The standard InChI is InChI=1S/C15H16ClN/c16-15-4-3-13-9-12(1-2-14(13)10-15)11-5-7-17-8-6-11/h1-4,9-11,17H,5-8H2. The number of hydrogen-bond acceptors (Lipinski definition) is 1. The SMILES string of the molecule is Clc1ccc2cc(C3CCNCC3)ccc2c1. The Balaban J connectivity index is 1.98. The molecule has 1 heterocycles. The number of nitrogens with one attached hydrogen (secondary N) is 1. The van der Waals surface area contributed by atoms with E-state index in [0.717, 1.165) is 24.0 Å². The van der Waals surface area contributed by atoms with E-state index in [9.17, 15) is 0 Å². The van der Waals surface area contributed by atoms with Crippen LogP contribution in [0.25, 0.3) is 10.8 Å². The lowest BCUT2D eigenvalue weighted by molar-refractivity contribution is 0.460. The average Bonchev–Trinajstić information content (AvgIpc) is 2.39. The van der Waals surface area contributed by atoms with Crippen molar-refractivity contribution in [2.45, 2.75) is 18.8 Å². The Bertz CT molecular complexity index is 529. The largest absolute Gasteiger partial charge is 0.317 e. The number of benzene rings is 2. The first-order valence-electron chi connectivity index (χ1n) is 6.23. The molecule has 0 atom stereocenters. The van der Waals surface area contributed by atoms with Crippen molar-refractivity contribution in [3.8, 4) is 0 Å². The molecule has 0 radical (unpaired) electrons. The van der Waals surface area contributed by atoms with Gasteiger partial charge in [-0.05, 0) is 60.3 Å². The molecule has 1 aliphatic rings. The fourth-order valence-corrected chi connectivity index (χ4v) is 2.82. The van der Waals surface area contributed by atoms with Gasteiger partial charge < -0.3 is 5.32 Å². The van der Waals surface area contributed by atoms with Crippen LogP contribution < -0.4 is 5.32 Å². The maximum absolute atomic E-state index is 6.00. The van der Waals surface area contributed by atoms with Gasteiger partial charge in [0.05, 0.1) is 0 Å². The van der Waals surface area contributed by atoms with Gasteiger partial charge in [-0.1, -0.05) is 35.9 Å². The van der Waals surface area contributed by atoms with E-state index < -0.39 is 0 Å². The van der Waals surface area contributed by atoms with Gasteiger partial charge in [-0.15, -0.1) is 0 Å². The van der Waals surface area contributed by atoms with Crippen LogP contribution >= 0.6 is 11.6 Å². The number of halogens is 1. The van der Waals surface area contributed by atoms with E-state index in [-0.39, 0.29) is 0 Å². The Labute approximate surface area is 107 Å². The van der Waals surface area contributed by atoms with E-state index in [1.165, 1.54) is 29.2 Å². The number of hydrogen-bond donors (Lipinski definition) is 1. The van der Waals surface area contributed by atoms with Crippen molar-refractivity contribution in [2.24, 2.45) is 0 Å². The zero-order valence-electron chi connectivity index (χ0n) is 9.75. The first-order valence-corrected chi connectivity index (χ1v) is 6.61. The average molecular weight is 246 g/mol. The minimum Gasteiger partial charge on any atom is -0.317 e. The van der Waals surface area contributed by atoms with Gasteiger partial charge in [-0.3, -0.25) is 0 Å². The molecule has 3 rings (SSSR count). The molecule has 17 heavy (non-hydrogen) atoms. The molecule has 1 saturated heterocycles. The highest BCUT2D eigenvalue weighted by molar-refractivity contribution is 6.31. The summed E-state index contributed by atoms with van der Waals surface area (Å²) in [6, 6.07) is 12.9. The molecule has 0 aliphatic carbocycles. The van der Waals surface area contributed by atoms with E-state index in [4.69, 9.17) is 11.6 Å². The summed E-state index contributed by atoms with van der Waals surface area (Å²) >= 11 is 6.00. The molecule has 0 saturated carbocycles. The van der Waals surface area contributed by atoms with Crippen molar-refractivity contribution < 1.29 is 0 Å². The maximum atomic E-state index is 6.00. The smallest absolute Gasteiger partial charge is 0.0412 e. The van der Waals surface area contributed by atoms with Crippen LogP contribution in [0.2, 0.25) is 5.02 Å². The van der Waals surface area contributed by atoms with E-state index in [2.05, 4.69) is 29.6 Å². The van der Waals surface area contributed by atoms with Crippen molar-refractivity contribution in [3.63, 3.8) is 0 Å². The van der Waals surface area contributed by atoms with Gasteiger partial charge in [0, 0.05) is 5.02 Å². The summed E-state index contributed by atoms with van der Waals surface area (Å²) in [5.41, 5.74) is 1.47. The molecule has 0 bridgehead atoms. The summed E-state index contributed by atoms with van der Waals surface area (Å²) < 4.78 is 0. The number of fused-ring (bicyclic) bond motifs is 1. The molecule has 2 aromatic carbocycles. The van der Waals surface area contributed by atoms with Crippen LogP contribution in [0.3, 0.4) is 0 Å². The molecule has 0 amide bonds. The van der Waals surface area contributed by atoms with Crippen molar-refractivity contribution in [1.29, 1.82) is 0 Å². The van der Waals surface area contributed by atoms with Gasteiger partial charge in [0.15, 0.2) is 0 Å². The summed E-state index contributed by atoms with van der Waals surface area (Å²) in [5, 5.41) is 6.75. The minimum atomic E-state index is 0.719. The molecular formula is C15H16ClN. The van der Waals surface area contributed by atoms with Gasteiger partial charge in [-0.2, -0.15) is 0 Å². The molecule has 0 aromatic heterocycles. The van der Waals surface area contributed by atoms with Gasteiger partial charge >= 0.3 is 0 Å². The summed E-state index contributed by atoms with van der Waals surface area (Å²) in [6.07, 6.45) is 2.50. The quantitative estimate of drug-likeness (QED) is 0.802. The predicted molar refractivity (Wildman–Crippen MR) is 73.8 cm³/mol. The molecule has 2 heteroatoms. The third-order valence-corrected chi connectivity index (χ3v) is 3.87. The Morgan fingerprint density at radius 3 is 2.47 bits per heavy atom. The zero-order chi connectivity index (χ0) is 11.7. The van der Waals surface area contributed by atoms with Crippen LogP contribution in [0, 0.1) is 0 Å². The zero-order valence-corrected chi connectivity index (χ0v) is 10.5. The molecule has 0 spiro atoms. The molecule has 88 valence electrons. The van der Waals surface area contributed by atoms with E-state index in [1.807, 2.05) is 12.1 Å². The van der Waals surface area contributed by atoms with Crippen molar-refractivity contribution in [1.82, 2.24) is 5.32 Å². The Morgan fingerprint density at radius 2 is 1.65 bits per heavy atom. The second-order valence-electron chi connectivity index (χ2n) is 4.78. The first-order chi connectivity index (χ1) is 8.33. The summed E-state index contributed by atoms with van der Waals surface area (Å²) in [4.78, 5) is 0. The van der Waals surface area contributed by atoms with E-state index >= 15 is 0 Å². The highest BCUT2D eigenvalue weighted by atomic mass is 35.5. The topological polar surface area (TPSA) is 12.0 Å². The molecule has 2 aromatic rings. The second kappa shape index (κ2) is 4.67. The highest BCUT2D eigenvalue weighted by Crippen LogP contribution is 2.28.